The molecule has 5 rings (SSSR count). The molecule has 0 aromatic heterocycles. The lowest BCUT2D eigenvalue weighted by Gasteiger charge is -2.33. The largest absolute Gasteiger partial charge is 0.351 e. The number of hydrogen-bond donors (Lipinski definition) is 2. The fourth-order valence-electron chi connectivity index (χ4n) is 6.14. The van der Waals surface area contributed by atoms with Crippen LogP contribution in [0.1, 0.15) is 60.9 Å². The minimum absolute atomic E-state index is 0.102. The molecule has 9 heteroatoms. The highest BCUT2D eigenvalue weighted by atomic mass is 32.2. The Balaban J connectivity index is 1.17. The topological polar surface area (TPSA) is 81.8 Å². The fraction of sp³-hybridized carbons (Fsp3) is 0.545. The molecule has 3 aliphatic rings. The van der Waals surface area contributed by atoms with Crippen LogP contribution < -0.4 is 10.6 Å². The van der Waals surface area contributed by atoms with E-state index in [0.29, 0.717) is 28.9 Å². The normalized spacial score (nSPS) is 21.1. The molecule has 2 saturated heterocycles. The Labute approximate surface area is 258 Å². The zero-order valence-electron chi connectivity index (χ0n) is 24.4. The number of rotatable bonds is 11. The van der Waals surface area contributed by atoms with Crippen molar-refractivity contribution in [2.45, 2.75) is 69.6 Å². The number of nitrogens with one attached hydrogen (secondary N) is 2. The lowest BCUT2D eigenvalue weighted by molar-refractivity contribution is -0.130. The van der Waals surface area contributed by atoms with Crippen LogP contribution in [0.3, 0.4) is 0 Å². The molecule has 2 aliphatic heterocycles. The number of thioether (sulfide) groups is 2. The van der Waals surface area contributed by atoms with E-state index in [1.54, 1.807) is 40.6 Å². The van der Waals surface area contributed by atoms with E-state index in [1.165, 1.54) is 37.7 Å². The van der Waals surface area contributed by atoms with Crippen molar-refractivity contribution in [3.05, 3.63) is 71.8 Å². The third kappa shape index (κ3) is 8.77. The summed E-state index contributed by atoms with van der Waals surface area (Å²) in [6.07, 6.45) is 8.21. The van der Waals surface area contributed by atoms with Gasteiger partial charge in [0.25, 0.3) is 5.91 Å². The van der Waals surface area contributed by atoms with Gasteiger partial charge in [0.2, 0.25) is 11.8 Å². The molecule has 7 nitrogen and oxygen atoms in total. The van der Waals surface area contributed by atoms with E-state index in [0.717, 1.165) is 38.2 Å². The highest BCUT2D eigenvalue weighted by molar-refractivity contribution is 7.99. The minimum Gasteiger partial charge on any atom is -0.351 e. The first-order valence-corrected chi connectivity index (χ1v) is 17.8. The van der Waals surface area contributed by atoms with Crippen molar-refractivity contribution in [3.8, 4) is 0 Å². The quantitative estimate of drug-likeness (QED) is 0.382. The van der Waals surface area contributed by atoms with Crippen molar-refractivity contribution in [1.82, 2.24) is 20.4 Å². The maximum atomic E-state index is 13.6. The van der Waals surface area contributed by atoms with Crippen molar-refractivity contribution in [2.24, 2.45) is 5.92 Å². The molecule has 2 unspecified atom stereocenters. The van der Waals surface area contributed by atoms with Crippen LogP contribution in [0.2, 0.25) is 0 Å². The molecule has 0 radical (unpaired) electrons. The van der Waals surface area contributed by atoms with E-state index in [9.17, 15) is 14.4 Å². The number of carbonyl (C=O) groups excluding carboxylic acids is 3. The van der Waals surface area contributed by atoms with E-state index >= 15 is 0 Å². The average molecular weight is 609 g/mol. The molecule has 0 spiro atoms. The zero-order valence-corrected chi connectivity index (χ0v) is 26.1. The molecule has 42 heavy (non-hydrogen) atoms. The van der Waals surface area contributed by atoms with E-state index in [-0.39, 0.29) is 23.8 Å². The van der Waals surface area contributed by atoms with Crippen molar-refractivity contribution in [1.29, 1.82) is 0 Å². The molecule has 2 aromatic carbocycles. The van der Waals surface area contributed by atoms with Gasteiger partial charge in [-0.25, -0.2) is 0 Å². The van der Waals surface area contributed by atoms with Gasteiger partial charge in [0.15, 0.2) is 0 Å². The average Bonchev–Trinajstić information content (AvgIpc) is 3.53. The van der Waals surface area contributed by atoms with Gasteiger partial charge in [-0.1, -0.05) is 67.8 Å². The van der Waals surface area contributed by atoms with Gasteiger partial charge in [0.05, 0.1) is 5.88 Å². The molecule has 226 valence electrons. The Bertz CT molecular complexity index is 1150. The van der Waals surface area contributed by atoms with Crippen LogP contribution in [-0.4, -0.2) is 81.9 Å². The summed E-state index contributed by atoms with van der Waals surface area (Å²) in [6.45, 7) is 2.79. The molecule has 2 heterocycles. The second kappa shape index (κ2) is 15.8. The third-order valence-corrected chi connectivity index (χ3v) is 10.9. The number of amides is 3. The molecule has 2 atom stereocenters. The van der Waals surface area contributed by atoms with Gasteiger partial charge < -0.3 is 15.5 Å². The van der Waals surface area contributed by atoms with Crippen LogP contribution in [0.15, 0.2) is 60.7 Å². The maximum absolute atomic E-state index is 13.6. The van der Waals surface area contributed by atoms with E-state index in [4.69, 9.17) is 0 Å². The summed E-state index contributed by atoms with van der Waals surface area (Å²) in [7, 11) is 0. The standard InChI is InChI=1S/C33H44N4O3S2/c38-31(34-28-16-18-36(19-17-28)20-25-10-4-1-5-11-25)29(22-41-21-26-12-6-2-7-13-26)35-32(39)30-23-42-24-37(30)33(40)27-14-8-3-9-15-27/h1,3-5,8-11,14-15,26,28-30H,2,6-7,12-13,16-24H2,(H,34,38)(H,35,39). The van der Waals surface area contributed by atoms with E-state index in [1.807, 2.05) is 24.3 Å². The van der Waals surface area contributed by atoms with Crippen LogP contribution in [0, 0.1) is 5.92 Å². The van der Waals surface area contributed by atoms with Gasteiger partial charge in [-0.3, -0.25) is 19.3 Å². The van der Waals surface area contributed by atoms with Crippen LogP contribution in [0.25, 0.3) is 0 Å². The Hall–Kier alpha value is -2.49. The molecule has 2 N–H and O–H groups in total. The minimum atomic E-state index is -0.618. The van der Waals surface area contributed by atoms with Crippen molar-refractivity contribution in [3.63, 3.8) is 0 Å². The van der Waals surface area contributed by atoms with Crippen LogP contribution in [0.4, 0.5) is 0 Å². The molecule has 3 amide bonds. The second-order valence-corrected chi connectivity index (χ2v) is 13.9. The molecule has 2 aromatic rings. The lowest BCUT2D eigenvalue weighted by Crippen LogP contribution is -2.56. The summed E-state index contributed by atoms with van der Waals surface area (Å²) in [4.78, 5) is 44.4. The Kier molecular flexibility index (Phi) is 11.7. The number of carbonyl (C=O) groups is 3. The second-order valence-electron chi connectivity index (χ2n) is 11.8. The van der Waals surface area contributed by atoms with Crippen molar-refractivity contribution in [2.75, 3.05) is 36.2 Å². The molecule has 3 fully saturated rings. The predicted octanol–water partition coefficient (Wildman–Crippen LogP) is 4.78. The van der Waals surface area contributed by atoms with Crippen LogP contribution in [0.5, 0.6) is 0 Å². The first-order valence-electron chi connectivity index (χ1n) is 15.5. The Morgan fingerprint density at radius 2 is 1.60 bits per heavy atom. The third-order valence-electron chi connectivity index (χ3n) is 8.65. The van der Waals surface area contributed by atoms with Crippen molar-refractivity contribution >= 4 is 41.2 Å². The fourth-order valence-corrected chi connectivity index (χ4v) is 8.57. The van der Waals surface area contributed by atoms with Gasteiger partial charge in [0.1, 0.15) is 12.1 Å². The van der Waals surface area contributed by atoms with E-state index < -0.39 is 12.1 Å². The van der Waals surface area contributed by atoms with Crippen LogP contribution in [-0.2, 0) is 16.1 Å². The summed E-state index contributed by atoms with van der Waals surface area (Å²) >= 11 is 3.36. The van der Waals surface area contributed by atoms with E-state index in [2.05, 4.69) is 39.8 Å². The number of piperidine rings is 1. The van der Waals surface area contributed by atoms with Gasteiger partial charge in [-0.15, -0.1) is 11.8 Å². The number of likely N-dealkylation sites (tertiary alicyclic amines) is 1. The van der Waals surface area contributed by atoms with Crippen molar-refractivity contribution < 1.29 is 14.4 Å². The Morgan fingerprint density at radius 3 is 2.31 bits per heavy atom. The van der Waals surface area contributed by atoms with Gasteiger partial charge in [0, 0.05) is 42.7 Å². The lowest BCUT2D eigenvalue weighted by atomic mass is 9.91. The predicted molar refractivity (Wildman–Crippen MR) is 172 cm³/mol. The Morgan fingerprint density at radius 1 is 0.905 bits per heavy atom. The monoisotopic (exact) mass is 608 g/mol. The molecule has 1 saturated carbocycles. The summed E-state index contributed by atoms with van der Waals surface area (Å²) in [5.74, 6) is 2.79. The summed E-state index contributed by atoms with van der Waals surface area (Å²) < 4.78 is 0. The highest BCUT2D eigenvalue weighted by Gasteiger charge is 2.37. The first kappa shape index (κ1) is 31.0. The molecular weight excluding hydrogens is 565 g/mol. The summed E-state index contributed by atoms with van der Waals surface area (Å²) in [5.41, 5.74) is 1.89. The smallest absolute Gasteiger partial charge is 0.255 e. The number of benzene rings is 2. The van der Waals surface area contributed by atoms with Gasteiger partial charge >= 0.3 is 0 Å². The SMILES string of the molecule is O=C(NC1CCN(Cc2ccccc2)CC1)C(CSCC1CCCCC1)NC(=O)C1CSCN1C(=O)c1ccccc1. The molecular formula is C33H44N4O3S2. The number of hydrogen-bond acceptors (Lipinski definition) is 6. The molecule has 0 bridgehead atoms. The molecule has 1 aliphatic carbocycles. The zero-order chi connectivity index (χ0) is 29.1. The van der Waals surface area contributed by atoms with Crippen LogP contribution >= 0.6 is 23.5 Å². The first-order chi connectivity index (χ1) is 20.6. The summed E-state index contributed by atoms with van der Waals surface area (Å²) in [6, 6.07) is 18.5. The highest BCUT2D eigenvalue weighted by Crippen LogP contribution is 2.27. The van der Waals surface area contributed by atoms with Gasteiger partial charge in [-0.05, 0) is 55.1 Å². The number of nitrogens with zero attached hydrogens (tertiary/aromatic N) is 2. The maximum Gasteiger partial charge on any atom is 0.255 e. The van der Waals surface area contributed by atoms with Gasteiger partial charge in [-0.2, -0.15) is 11.8 Å². The summed E-state index contributed by atoms with van der Waals surface area (Å²) in [5, 5.41) is 6.34.